The minimum Gasteiger partial charge on any atom is -0.481 e. The first-order valence-electron chi connectivity index (χ1n) is 5.38. The van der Waals surface area contributed by atoms with Gasteiger partial charge in [-0.25, -0.2) is 0 Å². The molecular weight excluding hydrogens is 216 g/mol. The van der Waals surface area contributed by atoms with Crippen molar-refractivity contribution in [3.63, 3.8) is 0 Å². The lowest BCUT2D eigenvalue weighted by Gasteiger charge is -2.25. The Morgan fingerprint density at radius 2 is 2.00 bits per heavy atom. The van der Waals surface area contributed by atoms with Gasteiger partial charge in [-0.3, -0.25) is 4.79 Å². The number of carboxylic acid groups (broad SMARTS) is 1. The molecule has 0 saturated heterocycles. The fourth-order valence-electron chi connectivity index (χ4n) is 1.83. The van der Waals surface area contributed by atoms with Crippen molar-refractivity contribution in [3.8, 4) is 0 Å². The molecule has 0 radical (unpaired) electrons. The summed E-state index contributed by atoms with van der Waals surface area (Å²) < 4.78 is 0. The normalized spacial score (nSPS) is 13.1. The molecule has 0 saturated carbocycles. The summed E-state index contributed by atoms with van der Waals surface area (Å²) in [6, 6.07) is 10.9. The molecule has 0 amide bonds. The third-order valence-corrected chi connectivity index (χ3v) is 6.24. The van der Waals surface area contributed by atoms with E-state index in [2.05, 4.69) is 31.8 Å². The molecule has 0 bridgehead atoms. The van der Waals surface area contributed by atoms with E-state index in [1.807, 2.05) is 18.2 Å². The lowest BCUT2D eigenvalue weighted by Crippen LogP contribution is -2.43. The van der Waals surface area contributed by atoms with Crippen molar-refractivity contribution in [2.45, 2.75) is 19.1 Å². The molecule has 2 nitrogen and oxygen atoms in total. The van der Waals surface area contributed by atoms with E-state index in [1.54, 1.807) is 6.08 Å². The number of rotatable bonds is 5. The molecule has 0 heterocycles. The zero-order valence-corrected chi connectivity index (χ0v) is 10.8. The maximum atomic E-state index is 11.0. The number of carboxylic acids is 1. The maximum Gasteiger partial charge on any atom is 0.310 e. The van der Waals surface area contributed by atoms with Crippen LogP contribution in [0.4, 0.5) is 0 Å². The average Bonchev–Trinajstić information content (AvgIpc) is 2.27. The molecule has 1 aromatic rings. The van der Waals surface area contributed by atoms with Gasteiger partial charge in [0.2, 0.25) is 0 Å². The van der Waals surface area contributed by atoms with E-state index >= 15 is 0 Å². The van der Waals surface area contributed by atoms with Crippen LogP contribution in [0.5, 0.6) is 0 Å². The van der Waals surface area contributed by atoms with Crippen molar-refractivity contribution >= 4 is 19.2 Å². The molecule has 0 spiro atoms. The molecule has 1 N–H and O–H groups in total. The first-order chi connectivity index (χ1) is 7.47. The summed E-state index contributed by atoms with van der Waals surface area (Å²) in [7, 11) is -1.68. The van der Waals surface area contributed by atoms with Crippen molar-refractivity contribution in [2.75, 3.05) is 0 Å². The van der Waals surface area contributed by atoms with Gasteiger partial charge in [-0.15, -0.1) is 6.58 Å². The molecule has 1 rings (SSSR count). The Labute approximate surface area is 97.6 Å². The highest BCUT2D eigenvalue weighted by molar-refractivity contribution is 6.90. The molecule has 0 fully saturated rings. The first kappa shape index (κ1) is 12.7. The molecule has 1 atom stereocenters. The summed E-state index contributed by atoms with van der Waals surface area (Å²) in [6.45, 7) is 7.99. The SMILES string of the molecule is C=CC(C[Si](C)(C)c1ccccc1)C(=O)O. The molecular formula is C13H18O2Si. The van der Waals surface area contributed by atoms with Crippen LogP contribution < -0.4 is 5.19 Å². The van der Waals surface area contributed by atoms with Crippen molar-refractivity contribution in [3.05, 3.63) is 43.0 Å². The van der Waals surface area contributed by atoms with Gasteiger partial charge < -0.3 is 5.11 Å². The van der Waals surface area contributed by atoms with Crippen LogP contribution in [0.1, 0.15) is 0 Å². The highest BCUT2D eigenvalue weighted by Crippen LogP contribution is 2.18. The van der Waals surface area contributed by atoms with Gasteiger partial charge in [-0.05, 0) is 6.04 Å². The van der Waals surface area contributed by atoms with Crippen molar-refractivity contribution in [2.24, 2.45) is 5.92 Å². The number of carbonyl (C=O) groups is 1. The Morgan fingerprint density at radius 3 is 2.44 bits per heavy atom. The lowest BCUT2D eigenvalue weighted by atomic mass is 10.2. The van der Waals surface area contributed by atoms with E-state index in [-0.39, 0.29) is 0 Å². The topological polar surface area (TPSA) is 37.3 Å². The quantitative estimate of drug-likeness (QED) is 0.628. The Balaban J connectivity index is 2.86. The monoisotopic (exact) mass is 234 g/mol. The van der Waals surface area contributed by atoms with E-state index in [0.717, 1.165) is 0 Å². The Hall–Kier alpha value is -1.35. The summed E-state index contributed by atoms with van der Waals surface area (Å²) in [5, 5.41) is 10.3. The van der Waals surface area contributed by atoms with E-state index in [1.165, 1.54) is 5.19 Å². The van der Waals surface area contributed by atoms with Crippen molar-refractivity contribution < 1.29 is 9.90 Å². The second kappa shape index (κ2) is 5.12. The Bertz CT molecular complexity index is 371. The van der Waals surface area contributed by atoms with E-state index in [9.17, 15) is 4.79 Å². The number of aliphatic carboxylic acids is 1. The fourth-order valence-corrected chi connectivity index (χ4v) is 4.60. The van der Waals surface area contributed by atoms with Gasteiger partial charge in [-0.2, -0.15) is 0 Å². The molecule has 0 aliphatic rings. The van der Waals surface area contributed by atoms with E-state index in [0.29, 0.717) is 6.04 Å². The highest BCUT2D eigenvalue weighted by atomic mass is 28.3. The third kappa shape index (κ3) is 3.07. The maximum absolute atomic E-state index is 11.0. The molecule has 1 unspecified atom stereocenters. The zero-order valence-electron chi connectivity index (χ0n) is 9.81. The van der Waals surface area contributed by atoms with Crippen LogP contribution in [0, 0.1) is 5.92 Å². The van der Waals surface area contributed by atoms with Crippen LogP contribution in [0.15, 0.2) is 43.0 Å². The minimum absolute atomic E-state index is 0.429. The fraction of sp³-hybridized carbons (Fsp3) is 0.308. The molecule has 86 valence electrons. The highest BCUT2D eigenvalue weighted by Gasteiger charge is 2.29. The molecule has 0 aliphatic heterocycles. The molecule has 16 heavy (non-hydrogen) atoms. The van der Waals surface area contributed by atoms with Crippen molar-refractivity contribution in [1.29, 1.82) is 0 Å². The standard InChI is InChI=1S/C13H18O2Si/c1-4-11(13(14)15)10-16(2,3)12-8-6-5-7-9-12/h4-9,11H,1,10H2,2-3H3,(H,14,15). The van der Waals surface area contributed by atoms with Crippen LogP contribution in [0.2, 0.25) is 19.1 Å². The summed E-state index contributed by atoms with van der Waals surface area (Å²) in [6.07, 6.45) is 1.54. The van der Waals surface area contributed by atoms with Gasteiger partial charge in [0, 0.05) is 0 Å². The predicted molar refractivity (Wildman–Crippen MR) is 69.7 cm³/mol. The summed E-state index contributed by atoms with van der Waals surface area (Å²) >= 11 is 0. The molecule has 0 aliphatic carbocycles. The van der Waals surface area contributed by atoms with Gasteiger partial charge in [0.05, 0.1) is 14.0 Å². The molecule has 0 aromatic heterocycles. The smallest absolute Gasteiger partial charge is 0.310 e. The van der Waals surface area contributed by atoms with Gasteiger partial charge in [-0.1, -0.05) is 54.7 Å². The summed E-state index contributed by atoms with van der Waals surface area (Å²) in [5.41, 5.74) is 0. The lowest BCUT2D eigenvalue weighted by molar-refractivity contribution is -0.139. The molecule has 1 aromatic carbocycles. The molecule has 3 heteroatoms. The minimum atomic E-state index is -1.68. The van der Waals surface area contributed by atoms with Crippen LogP contribution >= 0.6 is 0 Å². The van der Waals surface area contributed by atoms with E-state index in [4.69, 9.17) is 5.11 Å². The number of hydrogen-bond donors (Lipinski definition) is 1. The van der Waals surface area contributed by atoms with Crippen molar-refractivity contribution in [1.82, 2.24) is 0 Å². The van der Waals surface area contributed by atoms with Crippen LogP contribution in [-0.4, -0.2) is 19.1 Å². The van der Waals surface area contributed by atoms with Gasteiger partial charge in [0.15, 0.2) is 0 Å². The van der Waals surface area contributed by atoms with Gasteiger partial charge in [0.25, 0.3) is 0 Å². The van der Waals surface area contributed by atoms with E-state index < -0.39 is 20.0 Å². The van der Waals surface area contributed by atoms with Crippen LogP contribution in [-0.2, 0) is 4.79 Å². The largest absolute Gasteiger partial charge is 0.481 e. The Morgan fingerprint density at radius 1 is 1.44 bits per heavy atom. The second-order valence-electron chi connectivity index (χ2n) is 4.63. The van der Waals surface area contributed by atoms with Crippen LogP contribution in [0.3, 0.4) is 0 Å². The second-order valence-corrected chi connectivity index (χ2v) is 9.39. The zero-order chi connectivity index (χ0) is 12.2. The average molecular weight is 234 g/mol. The van der Waals surface area contributed by atoms with Crippen LogP contribution in [0.25, 0.3) is 0 Å². The number of hydrogen-bond acceptors (Lipinski definition) is 1. The summed E-state index contributed by atoms with van der Waals surface area (Å²) in [4.78, 5) is 11.0. The summed E-state index contributed by atoms with van der Waals surface area (Å²) in [5.74, 6) is -1.20. The third-order valence-electron chi connectivity index (χ3n) is 2.89. The van der Waals surface area contributed by atoms with Gasteiger partial charge in [0.1, 0.15) is 0 Å². The predicted octanol–water partition coefficient (Wildman–Crippen LogP) is 2.49. The first-order valence-corrected chi connectivity index (χ1v) is 8.59. The van der Waals surface area contributed by atoms with Gasteiger partial charge >= 0.3 is 5.97 Å². The Kier molecular flexibility index (Phi) is 4.07. The number of benzene rings is 1.